The van der Waals surface area contributed by atoms with Crippen molar-refractivity contribution in [2.24, 2.45) is 0 Å². The highest BCUT2D eigenvalue weighted by Crippen LogP contribution is 2.19. The van der Waals surface area contributed by atoms with Crippen molar-refractivity contribution in [3.63, 3.8) is 0 Å². The van der Waals surface area contributed by atoms with Crippen LogP contribution in [0.4, 0.5) is 0 Å². The molecule has 2 aromatic carbocycles. The fraction of sp³-hybridized carbons (Fsp3) is 0.400. The minimum absolute atomic E-state index is 0.0846. The molecule has 4 nitrogen and oxygen atoms in total. The summed E-state index contributed by atoms with van der Waals surface area (Å²) in [6.07, 6.45) is -0.630. The first-order valence-electron chi connectivity index (χ1n) is 8.46. The highest BCUT2D eigenvalue weighted by Gasteiger charge is 2.12. The first-order chi connectivity index (χ1) is 12.0. The van der Waals surface area contributed by atoms with Crippen molar-refractivity contribution in [1.82, 2.24) is 4.90 Å². The lowest BCUT2D eigenvalue weighted by Gasteiger charge is -2.22. The molecule has 0 bridgehead atoms. The maximum absolute atomic E-state index is 10.1. The van der Waals surface area contributed by atoms with Gasteiger partial charge >= 0.3 is 0 Å². The Kier molecular flexibility index (Phi) is 8.22. The molecule has 0 spiro atoms. The van der Waals surface area contributed by atoms with E-state index in [1.54, 1.807) is 0 Å². The molecule has 0 heterocycles. The van der Waals surface area contributed by atoms with Crippen LogP contribution in [0.3, 0.4) is 0 Å². The van der Waals surface area contributed by atoms with Crippen LogP contribution in [0.2, 0.25) is 5.02 Å². The second-order valence-electron chi connectivity index (χ2n) is 6.10. The van der Waals surface area contributed by atoms with Gasteiger partial charge in [0.15, 0.2) is 0 Å². The summed E-state index contributed by atoms with van der Waals surface area (Å²) in [5.41, 5.74) is 1.04. The molecule has 5 heteroatoms. The molecule has 136 valence electrons. The van der Waals surface area contributed by atoms with Crippen LogP contribution >= 0.6 is 11.6 Å². The second kappa shape index (κ2) is 10.4. The molecule has 0 saturated carbocycles. The van der Waals surface area contributed by atoms with Crippen LogP contribution in [0.1, 0.15) is 18.6 Å². The minimum Gasteiger partial charge on any atom is -0.492 e. The molecule has 2 rings (SSSR count). The van der Waals surface area contributed by atoms with Gasteiger partial charge in [0.1, 0.15) is 12.4 Å². The van der Waals surface area contributed by atoms with Gasteiger partial charge in [0, 0.05) is 18.1 Å². The Morgan fingerprint density at radius 3 is 2.44 bits per heavy atom. The third-order valence-corrected chi connectivity index (χ3v) is 4.14. The number of halogens is 1. The number of nitrogens with zero attached hydrogens (tertiary/aromatic N) is 1. The van der Waals surface area contributed by atoms with Crippen molar-refractivity contribution in [2.75, 3.05) is 33.4 Å². The van der Waals surface area contributed by atoms with Crippen molar-refractivity contribution in [2.45, 2.75) is 19.1 Å². The second-order valence-corrected chi connectivity index (χ2v) is 6.54. The monoisotopic (exact) mass is 363 g/mol. The van der Waals surface area contributed by atoms with E-state index in [0.29, 0.717) is 18.2 Å². The Bertz CT molecular complexity index is 606. The van der Waals surface area contributed by atoms with Gasteiger partial charge in [-0.05, 0) is 43.8 Å². The Morgan fingerprint density at radius 2 is 1.76 bits per heavy atom. The number of aliphatic hydroxyl groups excluding tert-OH is 1. The largest absolute Gasteiger partial charge is 0.492 e. The lowest BCUT2D eigenvalue weighted by atomic mass is 10.1. The van der Waals surface area contributed by atoms with Crippen LogP contribution in [0.25, 0.3) is 0 Å². The molecule has 0 unspecified atom stereocenters. The number of likely N-dealkylation sites (N-methyl/N-ethyl adjacent to an activating group) is 1. The van der Waals surface area contributed by atoms with Crippen LogP contribution in [0.5, 0.6) is 5.75 Å². The van der Waals surface area contributed by atoms with Crippen molar-refractivity contribution < 1.29 is 14.6 Å². The number of benzene rings is 2. The van der Waals surface area contributed by atoms with Gasteiger partial charge in [-0.1, -0.05) is 41.9 Å². The fourth-order valence-corrected chi connectivity index (χ4v) is 2.55. The molecular weight excluding hydrogens is 338 g/mol. The highest BCUT2D eigenvalue weighted by molar-refractivity contribution is 6.30. The third kappa shape index (κ3) is 7.45. The summed E-state index contributed by atoms with van der Waals surface area (Å²) < 4.78 is 11.4. The van der Waals surface area contributed by atoms with Crippen LogP contribution in [-0.4, -0.2) is 49.5 Å². The van der Waals surface area contributed by atoms with Crippen molar-refractivity contribution in [1.29, 1.82) is 0 Å². The van der Waals surface area contributed by atoms with Crippen LogP contribution in [0.15, 0.2) is 54.6 Å². The lowest BCUT2D eigenvalue weighted by Crippen LogP contribution is -2.34. The van der Waals surface area contributed by atoms with Gasteiger partial charge in [-0.25, -0.2) is 0 Å². The standard InChI is InChI=1S/C20H26ClNO3/c1-16(17-8-10-18(21)11-9-17)25-15-19(23)14-22(2)12-13-24-20-6-4-3-5-7-20/h3-11,16,19,23H,12-15H2,1-2H3/t16-,19+/m0/s1. The van der Waals surface area contributed by atoms with Gasteiger partial charge < -0.3 is 19.5 Å². The van der Waals surface area contributed by atoms with E-state index in [2.05, 4.69) is 0 Å². The molecule has 0 aromatic heterocycles. The zero-order valence-corrected chi connectivity index (χ0v) is 15.5. The molecule has 25 heavy (non-hydrogen) atoms. The number of ether oxygens (including phenoxy) is 2. The van der Waals surface area contributed by atoms with Crippen molar-refractivity contribution in [3.8, 4) is 5.75 Å². The molecule has 0 aliphatic rings. The summed E-state index contributed by atoms with van der Waals surface area (Å²) in [6.45, 7) is 4.10. The van der Waals surface area contributed by atoms with E-state index >= 15 is 0 Å². The third-order valence-electron chi connectivity index (χ3n) is 3.89. The average molecular weight is 364 g/mol. The van der Waals surface area contributed by atoms with E-state index in [4.69, 9.17) is 21.1 Å². The Morgan fingerprint density at radius 1 is 1.08 bits per heavy atom. The molecule has 2 atom stereocenters. The summed E-state index contributed by atoms with van der Waals surface area (Å²) >= 11 is 5.89. The van der Waals surface area contributed by atoms with Gasteiger partial charge in [-0.2, -0.15) is 0 Å². The first-order valence-corrected chi connectivity index (χ1v) is 8.84. The van der Waals surface area contributed by atoms with E-state index in [9.17, 15) is 5.11 Å². The predicted octanol–water partition coefficient (Wildman–Crippen LogP) is 3.79. The van der Waals surface area contributed by atoms with Crippen LogP contribution in [0, 0.1) is 0 Å². The summed E-state index contributed by atoms with van der Waals surface area (Å²) in [6, 6.07) is 17.3. The molecule has 0 radical (unpaired) electrons. The van der Waals surface area contributed by atoms with E-state index in [-0.39, 0.29) is 12.7 Å². The SMILES string of the molecule is C[C@H](OC[C@H](O)CN(C)CCOc1ccccc1)c1ccc(Cl)cc1. The summed E-state index contributed by atoms with van der Waals surface area (Å²) in [5, 5.41) is 10.9. The lowest BCUT2D eigenvalue weighted by molar-refractivity contribution is -0.0139. The van der Waals surface area contributed by atoms with E-state index in [1.165, 1.54) is 0 Å². The molecule has 0 saturated heterocycles. The Hall–Kier alpha value is -1.59. The zero-order valence-electron chi connectivity index (χ0n) is 14.8. The minimum atomic E-state index is -0.545. The molecule has 1 N–H and O–H groups in total. The summed E-state index contributed by atoms with van der Waals surface area (Å²) in [7, 11) is 1.96. The first kappa shape index (κ1) is 19.7. The number of para-hydroxylation sites is 1. The van der Waals surface area contributed by atoms with Crippen LogP contribution < -0.4 is 4.74 Å². The summed E-state index contributed by atoms with van der Waals surface area (Å²) in [4.78, 5) is 2.03. The maximum atomic E-state index is 10.1. The number of hydrogen-bond acceptors (Lipinski definition) is 4. The van der Waals surface area contributed by atoms with Gasteiger partial charge in [0.25, 0.3) is 0 Å². The average Bonchev–Trinajstić information content (AvgIpc) is 2.61. The molecule has 0 aliphatic carbocycles. The topological polar surface area (TPSA) is 41.9 Å². The van der Waals surface area contributed by atoms with E-state index in [1.807, 2.05) is 73.5 Å². The van der Waals surface area contributed by atoms with Crippen molar-refractivity contribution in [3.05, 3.63) is 65.2 Å². The summed E-state index contributed by atoms with van der Waals surface area (Å²) in [5.74, 6) is 0.858. The Labute approximate surface area is 154 Å². The van der Waals surface area contributed by atoms with E-state index < -0.39 is 6.10 Å². The van der Waals surface area contributed by atoms with Gasteiger partial charge in [0.05, 0.1) is 18.8 Å². The predicted molar refractivity (Wildman–Crippen MR) is 101 cm³/mol. The number of hydrogen-bond donors (Lipinski definition) is 1. The van der Waals surface area contributed by atoms with Crippen molar-refractivity contribution >= 4 is 11.6 Å². The Balaban J connectivity index is 1.63. The van der Waals surface area contributed by atoms with Gasteiger partial charge in [-0.3, -0.25) is 0 Å². The normalized spacial score (nSPS) is 13.6. The molecule has 0 amide bonds. The molecule has 0 aliphatic heterocycles. The zero-order chi connectivity index (χ0) is 18.1. The highest BCUT2D eigenvalue weighted by atomic mass is 35.5. The molecule has 2 aromatic rings. The number of aliphatic hydroxyl groups is 1. The van der Waals surface area contributed by atoms with E-state index in [0.717, 1.165) is 17.9 Å². The smallest absolute Gasteiger partial charge is 0.119 e. The van der Waals surface area contributed by atoms with Gasteiger partial charge in [-0.15, -0.1) is 0 Å². The molecular formula is C20H26ClNO3. The molecule has 0 fully saturated rings. The number of rotatable bonds is 10. The van der Waals surface area contributed by atoms with Gasteiger partial charge in [0.2, 0.25) is 0 Å². The quantitative estimate of drug-likeness (QED) is 0.697. The van der Waals surface area contributed by atoms with Crippen LogP contribution in [-0.2, 0) is 4.74 Å². The maximum Gasteiger partial charge on any atom is 0.119 e. The fourth-order valence-electron chi connectivity index (χ4n) is 2.43.